The number of methoxy groups -OCH3 is 1. The molecule has 0 aliphatic heterocycles. The Morgan fingerprint density at radius 2 is 2.29 bits per heavy atom. The Hall–Kier alpha value is -1.47. The van der Waals surface area contributed by atoms with Gasteiger partial charge in [-0.3, -0.25) is 14.9 Å². The molecule has 1 N–H and O–H groups in total. The molecule has 1 heterocycles. The van der Waals surface area contributed by atoms with Crippen molar-refractivity contribution in [3.8, 4) is 0 Å². The standard InChI is InChI=1S/C10H14N2O4S/c1-3-16-5-8(13)12-10-11-7(6-17-10)4-9(14)15-2/h6H,3-5H2,1-2H3,(H,11,12,13). The Balaban J connectivity index is 2.45. The van der Waals surface area contributed by atoms with Crippen LogP contribution in [0.3, 0.4) is 0 Å². The highest BCUT2D eigenvalue weighted by atomic mass is 32.1. The average Bonchev–Trinajstić information content (AvgIpc) is 2.73. The minimum atomic E-state index is -0.359. The molecule has 17 heavy (non-hydrogen) atoms. The SMILES string of the molecule is CCOCC(=O)Nc1nc(CC(=O)OC)cs1. The largest absolute Gasteiger partial charge is 0.469 e. The first kappa shape index (κ1) is 13.6. The van der Waals surface area contributed by atoms with Gasteiger partial charge in [0.15, 0.2) is 5.13 Å². The summed E-state index contributed by atoms with van der Waals surface area (Å²) in [6.07, 6.45) is 0.105. The summed E-state index contributed by atoms with van der Waals surface area (Å²) in [5.74, 6) is -0.617. The van der Waals surface area contributed by atoms with Gasteiger partial charge in [-0.05, 0) is 6.92 Å². The molecule has 7 heteroatoms. The van der Waals surface area contributed by atoms with Crippen molar-refractivity contribution in [2.45, 2.75) is 13.3 Å². The normalized spacial score (nSPS) is 10.0. The molecule has 0 radical (unpaired) electrons. The molecule has 0 spiro atoms. The van der Waals surface area contributed by atoms with Crippen molar-refractivity contribution in [1.29, 1.82) is 0 Å². The number of carbonyl (C=O) groups is 2. The number of esters is 1. The molecule has 0 saturated carbocycles. The maximum Gasteiger partial charge on any atom is 0.311 e. The van der Waals surface area contributed by atoms with Gasteiger partial charge in [0.25, 0.3) is 5.91 Å². The topological polar surface area (TPSA) is 77.5 Å². The van der Waals surface area contributed by atoms with Crippen LogP contribution in [0.5, 0.6) is 0 Å². The van der Waals surface area contributed by atoms with Crippen molar-refractivity contribution >= 4 is 28.3 Å². The van der Waals surface area contributed by atoms with Crippen molar-refractivity contribution < 1.29 is 19.1 Å². The summed E-state index contributed by atoms with van der Waals surface area (Å²) >= 11 is 1.26. The van der Waals surface area contributed by atoms with Gasteiger partial charge in [-0.2, -0.15) is 0 Å². The summed E-state index contributed by atoms with van der Waals surface area (Å²) in [6.45, 7) is 2.30. The van der Waals surface area contributed by atoms with Gasteiger partial charge in [-0.1, -0.05) is 0 Å². The number of ether oxygens (including phenoxy) is 2. The van der Waals surface area contributed by atoms with Crippen molar-refractivity contribution in [3.63, 3.8) is 0 Å². The third-order valence-corrected chi connectivity index (χ3v) is 2.60. The number of nitrogens with zero attached hydrogens (tertiary/aromatic N) is 1. The summed E-state index contributed by atoms with van der Waals surface area (Å²) < 4.78 is 9.46. The summed E-state index contributed by atoms with van der Waals surface area (Å²) in [5.41, 5.74) is 0.577. The third kappa shape index (κ3) is 4.92. The number of amides is 1. The van der Waals surface area contributed by atoms with Crippen LogP contribution in [0, 0.1) is 0 Å². The molecule has 1 amide bonds. The lowest BCUT2D eigenvalue weighted by Crippen LogP contribution is -2.18. The van der Waals surface area contributed by atoms with E-state index in [1.807, 2.05) is 6.92 Å². The Morgan fingerprint density at radius 1 is 1.53 bits per heavy atom. The van der Waals surface area contributed by atoms with Crippen LogP contribution in [0.25, 0.3) is 0 Å². The number of carbonyl (C=O) groups excluding carboxylic acids is 2. The second kappa shape index (κ2) is 6.97. The number of hydrogen-bond donors (Lipinski definition) is 1. The highest BCUT2D eigenvalue weighted by Gasteiger charge is 2.09. The molecule has 0 atom stereocenters. The van der Waals surface area contributed by atoms with Gasteiger partial charge in [-0.15, -0.1) is 11.3 Å². The maximum absolute atomic E-state index is 11.3. The fourth-order valence-corrected chi connectivity index (χ4v) is 1.74. The van der Waals surface area contributed by atoms with E-state index in [9.17, 15) is 9.59 Å². The van der Waals surface area contributed by atoms with E-state index < -0.39 is 0 Å². The quantitative estimate of drug-likeness (QED) is 0.765. The van der Waals surface area contributed by atoms with Gasteiger partial charge < -0.3 is 9.47 Å². The molecule has 0 aromatic carbocycles. The molecule has 0 aliphatic carbocycles. The van der Waals surface area contributed by atoms with Crippen molar-refractivity contribution in [2.24, 2.45) is 0 Å². The zero-order valence-corrected chi connectivity index (χ0v) is 10.5. The van der Waals surface area contributed by atoms with Crippen LogP contribution in [0.15, 0.2) is 5.38 Å². The molecular weight excluding hydrogens is 244 g/mol. The van der Waals surface area contributed by atoms with Crippen molar-refractivity contribution in [3.05, 3.63) is 11.1 Å². The molecule has 1 aromatic heterocycles. The lowest BCUT2D eigenvalue weighted by Gasteiger charge is -2.00. The van der Waals surface area contributed by atoms with Crippen LogP contribution in [-0.4, -0.2) is 37.2 Å². The summed E-state index contributed by atoms with van der Waals surface area (Å²) in [7, 11) is 1.32. The van der Waals surface area contributed by atoms with E-state index in [2.05, 4.69) is 15.0 Å². The molecule has 6 nitrogen and oxygen atoms in total. The molecule has 1 rings (SSSR count). The Bertz CT molecular complexity index is 391. The van der Waals surface area contributed by atoms with Crippen LogP contribution < -0.4 is 5.32 Å². The molecule has 0 unspecified atom stereocenters. The van der Waals surface area contributed by atoms with Gasteiger partial charge in [0.1, 0.15) is 6.61 Å². The Kier molecular flexibility index (Phi) is 5.58. The van der Waals surface area contributed by atoms with E-state index in [1.165, 1.54) is 18.4 Å². The van der Waals surface area contributed by atoms with Crippen LogP contribution in [0.4, 0.5) is 5.13 Å². The lowest BCUT2D eigenvalue weighted by atomic mass is 10.3. The number of rotatable bonds is 6. The van der Waals surface area contributed by atoms with Gasteiger partial charge in [-0.25, -0.2) is 4.98 Å². The first-order chi connectivity index (χ1) is 8.15. The first-order valence-electron chi connectivity index (χ1n) is 5.04. The fraction of sp³-hybridized carbons (Fsp3) is 0.500. The summed E-state index contributed by atoms with van der Waals surface area (Å²) in [6, 6.07) is 0. The molecule has 94 valence electrons. The second-order valence-corrected chi connectivity index (χ2v) is 3.94. The second-order valence-electron chi connectivity index (χ2n) is 3.08. The highest BCUT2D eigenvalue weighted by molar-refractivity contribution is 7.13. The fourth-order valence-electron chi connectivity index (χ4n) is 1.02. The number of thiazole rings is 1. The Labute approximate surface area is 103 Å². The molecule has 0 bridgehead atoms. The van der Waals surface area contributed by atoms with Gasteiger partial charge in [0.2, 0.25) is 0 Å². The average molecular weight is 258 g/mol. The zero-order chi connectivity index (χ0) is 12.7. The lowest BCUT2D eigenvalue weighted by molar-refractivity contribution is -0.139. The minimum Gasteiger partial charge on any atom is -0.469 e. The molecule has 0 aliphatic rings. The molecular formula is C10H14N2O4S. The van der Waals surface area contributed by atoms with Crippen LogP contribution >= 0.6 is 11.3 Å². The number of aromatic nitrogens is 1. The smallest absolute Gasteiger partial charge is 0.311 e. The van der Waals surface area contributed by atoms with E-state index in [4.69, 9.17) is 4.74 Å². The predicted octanol–water partition coefficient (Wildman–Crippen LogP) is 0.834. The zero-order valence-electron chi connectivity index (χ0n) is 9.69. The van der Waals surface area contributed by atoms with Gasteiger partial charge >= 0.3 is 5.97 Å². The van der Waals surface area contributed by atoms with Crippen LogP contribution in [0.1, 0.15) is 12.6 Å². The van der Waals surface area contributed by atoms with Crippen LogP contribution in [0.2, 0.25) is 0 Å². The number of hydrogen-bond acceptors (Lipinski definition) is 6. The van der Waals surface area contributed by atoms with E-state index >= 15 is 0 Å². The van der Waals surface area contributed by atoms with E-state index in [1.54, 1.807) is 5.38 Å². The predicted molar refractivity (Wildman–Crippen MR) is 63.0 cm³/mol. The first-order valence-corrected chi connectivity index (χ1v) is 5.92. The van der Waals surface area contributed by atoms with Crippen LogP contribution in [-0.2, 0) is 25.5 Å². The summed E-state index contributed by atoms with van der Waals surface area (Å²) in [5, 5.41) is 4.73. The summed E-state index contributed by atoms with van der Waals surface area (Å²) in [4.78, 5) is 26.4. The highest BCUT2D eigenvalue weighted by Crippen LogP contribution is 2.15. The third-order valence-electron chi connectivity index (χ3n) is 1.79. The monoisotopic (exact) mass is 258 g/mol. The van der Waals surface area contributed by atoms with Gasteiger partial charge in [0.05, 0.1) is 19.2 Å². The number of anilines is 1. The maximum atomic E-state index is 11.3. The molecule has 0 saturated heterocycles. The van der Waals surface area contributed by atoms with E-state index in [0.717, 1.165) is 0 Å². The molecule has 0 fully saturated rings. The Morgan fingerprint density at radius 3 is 2.94 bits per heavy atom. The molecule has 1 aromatic rings. The van der Waals surface area contributed by atoms with E-state index in [0.29, 0.717) is 17.4 Å². The van der Waals surface area contributed by atoms with Gasteiger partial charge in [0, 0.05) is 12.0 Å². The van der Waals surface area contributed by atoms with Crippen molar-refractivity contribution in [1.82, 2.24) is 4.98 Å². The number of nitrogens with one attached hydrogen (secondary N) is 1. The van der Waals surface area contributed by atoms with Crippen molar-refractivity contribution in [2.75, 3.05) is 25.6 Å². The minimum absolute atomic E-state index is 0.00240. The van der Waals surface area contributed by atoms with E-state index in [-0.39, 0.29) is 24.9 Å².